The van der Waals surface area contributed by atoms with Crippen molar-refractivity contribution in [2.75, 3.05) is 18.5 Å². The maximum Gasteiger partial charge on any atom is 0.146 e. The average Bonchev–Trinajstić information content (AvgIpc) is 2.03. The normalized spacial score (nSPS) is 9.77. The molecule has 0 spiro atoms. The van der Waals surface area contributed by atoms with Crippen LogP contribution in [0, 0.1) is 0 Å². The molecule has 0 atom stereocenters. The van der Waals surface area contributed by atoms with Crippen LogP contribution in [0.25, 0.3) is 0 Å². The van der Waals surface area contributed by atoms with E-state index in [1.165, 1.54) is 6.33 Å². The van der Waals surface area contributed by atoms with Crippen LogP contribution >= 0.6 is 15.9 Å². The van der Waals surface area contributed by atoms with E-state index in [2.05, 4.69) is 32.5 Å². The van der Waals surface area contributed by atoms with Crippen molar-refractivity contribution in [1.82, 2.24) is 9.97 Å². The molecule has 0 radical (unpaired) electrons. The number of hydrogen-bond donors (Lipinski definition) is 0. The van der Waals surface area contributed by atoms with Gasteiger partial charge in [-0.15, -0.1) is 0 Å². The molecule has 13 heavy (non-hydrogen) atoms. The molecule has 0 fully saturated rings. The zero-order valence-corrected chi connectivity index (χ0v) is 9.37. The van der Waals surface area contributed by atoms with Crippen molar-refractivity contribution in [2.24, 2.45) is 0 Å². The fraction of sp³-hybridized carbons (Fsp3) is 0.333. The Morgan fingerprint density at radius 1 is 1.69 bits per heavy atom. The van der Waals surface area contributed by atoms with Gasteiger partial charge in [-0.1, -0.05) is 12.2 Å². The fourth-order valence-electron chi connectivity index (χ4n) is 1.07. The van der Waals surface area contributed by atoms with Crippen LogP contribution in [0.5, 0.6) is 0 Å². The summed E-state index contributed by atoms with van der Waals surface area (Å²) in [5.74, 6) is 0.887. The first-order chi connectivity index (χ1) is 6.11. The molecule has 1 rings (SSSR count). The van der Waals surface area contributed by atoms with Crippen molar-refractivity contribution >= 4 is 21.7 Å². The van der Waals surface area contributed by atoms with Gasteiger partial charge in [0.1, 0.15) is 12.1 Å². The van der Waals surface area contributed by atoms with Crippen molar-refractivity contribution in [1.29, 1.82) is 0 Å². The molecular weight excluding hydrogens is 230 g/mol. The third-order valence-electron chi connectivity index (χ3n) is 1.52. The Balaban J connectivity index is 2.82. The second-order valence-electron chi connectivity index (χ2n) is 3.01. The molecule has 0 amide bonds. The molecule has 0 aromatic carbocycles. The van der Waals surface area contributed by atoms with Crippen LogP contribution < -0.4 is 4.90 Å². The predicted molar refractivity (Wildman–Crippen MR) is 57.8 cm³/mol. The molecule has 0 aliphatic rings. The zero-order chi connectivity index (χ0) is 9.84. The van der Waals surface area contributed by atoms with Crippen LogP contribution in [0.15, 0.2) is 29.1 Å². The first-order valence-corrected chi connectivity index (χ1v) is 4.71. The first kappa shape index (κ1) is 10.2. The Hall–Kier alpha value is -0.900. The molecule has 0 saturated carbocycles. The minimum Gasteiger partial charge on any atom is -0.355 e. The minimum atomic E-state index is 0.801. The van der Waals surface area contributed by atoms with E-state index in [1.54, 1.807) is 6.20 Å². The molecule has 1 aromatic heterocycles. The van der Waals surface area contributed by atoms with Gasteiger partial charge in [0.25, 0.3) is 0 Å². The molecular formula is C9H12BrN3. The number of nitrogens with zero attached hydrogens (tertiary/aromatic N) is 3. The Kier molecular flexibility index (Phi) is 3.42. The maximum atomic E-state index is 4.16. The summed E-state index contributed by atoms with van der Waals surface area (Å²) >= 11 is 3.39. The van der Waals surface area contributed by atoms with Crippen molar-refractivity contribution in [3.05, 3.63) is 29.1 Å². The van der Waals surface area contributed by atoms with Gasteiger partial charge in [-0.3, -0.25) is 0 Å². The molecule has 3 nitrogen and oxygen atoms in total. The van der Waals surface area contributed by atoms with Crippen LogP contribution in [0.3, 0.4) is 0 Å². The average molecular weight is 242 g/mol. The highest BCUT2D eigenvalue weighted by Crippen LogP contribution is 2.20. The SMILES string of the molecule is C=C(C)CN(C)c1ncncc1Br. The van der Waals surface area contributed by atoms with Crippen LogP contribution in [0.4, 0.5) is 5.82 Å². The van der Waals surface area contributed by atoms with Gasteiger partial charge in [0, 0.05) is 19.8 Å². The Morgan fingerprint density at radius 3 is 2.92 bits per heavy atom. The third-order valence-corrected chi connectivity index (χ3v) is 2.08. The lowest BCUT2D eigenvalue weighted by Gasteiger charge is -2.18. The van der Waals surface area contributed by atoms with Gasteiger partial charge in [0.2, 0.25) is 0 Å². The predicted octanol–water partition coefficient (Wildman–Crippen LogP) is 2.25. The summed E-state index contributed by atoms with van der Waals surface area (Å²) in [5.41, 5.74) is 1.10. The Morgan fingerprint density at radius 2 is 2.38 bits per heavy atom. The van der Waals surface area contributed by atoms with E-state index in [0.29, 0.717) is 0 Å². The zero-order valence-electron chi connectivity index (χ0n) is 7.79. The van der Waals surface area contributed by atoms with Gasteiger partial charge >= 0.3 is 0 Å². The van der Waals surface area contributed by atoms with Crippen LogP contribution in [0.2, 0.25) is 0 Å². The van der Waals surface area contributed by atoms with E-state index in [0.717, 1.165) is 22.4 Å². The van der Waals surface area contributed by atoms with Crippen LogP contribution in [-0.2, 0) is 0 Å². The molecule has 0 aliphatic carbocycles. The summed E-state index contributed by atoms with van der Waals surface area (Å²) in [7, 11) is 1.97. The first-order valence-electron chi connectivity index (χ1n) is 3.92. The van der Waals surface area contributed by atoms with E-state index in [4.69, 9.17) is 0 Å². The highest BCUT2D eigenvalue weighted by molar-refractivity contribution is 9.10. The molecule has 0 bridgehead atoms. The van der Waals surface area contributed by atoms with Gasteiger partial charge in [-0.2, -0.15) is 0 Å². The topological polar surface area (TPSA) is 29.0 Å². The molecule has 70 valence electrons. The van der Waals surface area contributed by atoms with E-state index < -0.39 is 0 Å². The summed E-state index contributed by atoms with van der Waals surface area (Å²) in [6.07, 6.45) is 3.27. The summed E-state index contributed by atoms with van der Waals surface area (Å²) in [4.78, 5) is 10.1. The largest absolute Gasteiger partial charge is 0.355 e. The van der Waals surface area contributed by atoms with E-state index in [-0.39, 0.29) is 0 Å². The van der Waals surface area contributed by atoms with Crippen molar-refractivity contribution in [2.45, 2.75) is 6.92 Å². The quantitative estimate of drug-likeness (QED) is 0.761. The van der Waals surface area contributed by atoms with Crippen molar-refractivity contribution in [3.63, 3.8) is 0 Å². The molecule has 0 aliphatic heterocycles. The molecule has 1 aromatic rings. The summed E-state index contributed by atoms with van der Waals surface area (Å²) in [6.45, 7) is 6.64. The van der Waals surface area contributed by atoms with Gasteiger partial charge in [0.05, 0.1) is 4.47 Å². The summed E-state index contributed by atoms with van der Waals surface area (Å²) in [6, 6.07) is 0. The highest BCUT2D eigenvalue weighted by Gasteiger charge is 2.05. The Labute approximate surface area is 86.6 Å². The third kappa shape index (κ3) is 2.81. The molecule has 0 saturated heterocycles. The number of hydrogen-bond acceptors (Lipinski definition) is 3. The van der Waals surface area contributed by atoms with Gasteiger partial charge in [-0.05, 0) is 22.9 Å². The summed E-state index contributed by atoms with van der Waals surface area (Å²) in [5, 5.41) is 0. The lowest BCUT2D eigenvalue weighted by molar-refractivity contribution is 0.937. The fourth-order valence-corrected chi connectivity index (χ4v) is 1.59. The molecule has 4 heteroatoms. The smallest absolute Gasteiger partial charge is 0.146 e. The lowest BCUT2D eigenvalue weighted by Crippen LogP contribution is -2.20. The van der Waals surface area contributed by atoms with Crippen molar-refractivity contribution in [3.8, 4) is 0 Å². The summed E-state index contributed by atoms with van der Waals surface area (Å²) < 4.78 is 0.902. The van der Waals surface area contributed by atoms with E-state index >= 15 is 0 Å². The highest BCUT2D eigenvalue weighted by atomic mass is 79.9. The van der Waals surface area contributed by atoms with Crippen molar-refractivity contribution < 1.29 is 0 Å². The molecule has 1 heterocycles. The lowest BCUT2D eigenvalue weighted by atomic mass is 10.3. The number of likely N-dealkylation sites (N-methyl/N-ethyl adjacent to an activating group) is 1. The Bertz CT molecular complexity index is 311. The van der Waals surface area contributed by atoms with E-state index in [1.807, 2.05) is 18.9 Å². The number of anilines is 1. The number of halogens is 1. The van der Waals surface area contributed by atoms with Gasteiger partial charge in [0.15, 0.2) is 0 Å². The maximum absolute atomic E-state index is 4.16. The van der Waals surface area contributed by atoms with Crippen LogP contribution in [-0.4, -0.2) is 23.6 Å². The van der Waals surface area contributed by atoms with Gasteiger partial charge in [-0.25, -0.2) is 9.97 Å². The molecule has 0 unspecified atom stereocenters. The van der Waals surface area contributed by atoms with Crippen LogP contribution in [0.1, 0.15) is 6.92 Å². The molecule has 0 N–H and O–H groups in total. The number of rotatable bonds is 3. The van der Waals surface area contributed by atoms with Gasteiger partial charge < -0.3 is 4.90 Å². The second kappa shape index (κ2) is 4.37. The van der Waals surface area contributed by atoms with E-state index in [9.17, 15) is 0 Å². The monoisotopic (exact) mass is 241 g/mol. The standard InChI is InChI=1S/C9H12BrN3/c1-7(2)5-13(3)9-8(10)4-11-6-12-9/h4,6H,1,5H2,2-3H3. The minimum absolute atomic E-state index is 0.801. The second-order valence-corrected chi connectivity index (χ2v) is 3.86. The number of aromatic nitrogens is 2.